The molecule has 3 nitrogen and oxygen atoms in total. The molecule has 0 fully saturated rings. The average molecular weight is 223 g/mol. The number of carbonyl (C=O) groups is 1. The molecule has 0 aliphatic heterocycles. The molecule has 1 rings (SSSR count). The highest BCUT2D eigenvalue weighted by Gasteiger charge is 2.05. The van der Waals surface area contributed by atoms with Crippen molar-refractivity contribution in [2.24, 2.45) is 0 Å². The molecule has 16 heavy (non-hydrogen) atoms. The number of hydrogen-bond acceptors (Lipinski definition) is 2. The van der Waals surface area contributed by atoms with Crippen molar-refractivity contribution >= 4 is 5.97 Å². The molecule has 86 valence electrons. The van der Waals surface area contributed by atoms with Gasteiger partial charge in [0.15, 0.2) is 0 Å². The summed E-state index contributed by atoms with van der Waals surface area (Å²) in [5.41, 5.74) is 1.37. The maximum atomic E-state index is 13.3. The summed E-state index contributed by atoms with van der Waals surface area (Å²) in [4.78, 5) is 10.2. The number of nitrogens with one attached hydrogen (secondary N) is 1. The predicted molar refractivity (Wildman–Crippen MR) is 59.5 cm³/mol. The maximum absolute atomic E-state index is 13.3. The molecule has 0 radical (unpaired) electrons. The molecular formula is C12H14FNO2. The fourth-order valence-electron chi connectivity index (χ4n) is 1.24. The number of aryl methyl sites for hydroxylation is 1. The van der Waals surface area contributed by atoms with E-state index in [1.165, 1.54) is 12.3 Å². The van der Waals surface area contributed by atoms with Crippen LogP contribution in [0.5, 0.6) is 0 Å². The lowest BCUT2D eigenvalue weighted by Gasteiger charge is -2.12. The molecule has 1 aromatic carbocycles. The predicted octanol–water partition coefficient (Wildman–Crippen LogP) is 2.38. The van der Waals surface area contributed by atoms with E-state index in [0.717, 1.165) is 11.6 Å². The summed E-state index contributed by atoms with van der Waals surface area (Å²) in [5, 5.41) is 11.2. The van der Waals surface area contributed by atoms with Gasteiger partial charge < -0.3 is 10.4 Å². The summed E-state index contributed by atoms with van der Waals surface area (Å²) < 4.78 is 13.3. The van der Waals surface area contributed by atoms with Gasteiger partial charge in [0.2, 0.25) is 0 Å². The van der Waals surface area contributed by atoms with Gasteiger partial charge in [-0.2, -0.15) is 0 Å². The number of rotatable bonds is 4. The Balaban J connectivity index is 2.69. The molecule has 1 unspecified atom stereocenters. The van der Waals surface area contributed by atoms with Crippen molar-refractivity contribution in [3.63, 3.8) is 0 Å². The van der Waals surface area contributed by atoms with Gasteiger partial charge in [-0.3, -0.25) is 0 Å². The lowest BCUT2D eigenvalue weighted by molar-refractivity contribution is -0.131. The molecule has 1 aromatic rings. The molecule has 1 atom stereocenters. The SMILES string of the molecule is Cc1ccc(C(C)N/C=C/C(=O)O)cc1F. The fraction of sp³-hybridized carbons (Fsp3) is 0.250. The van der Waals surface area contributed by atoms with E-state index in [-0.39, 0.29) is 11.9 Å². The highest BCUT2D eigenvalue weighted by Crippen LogP contribution is 2.15. The molecular weight excluding hydrogens is 209 g/mol. The van der Waals surface area contributed by atoms with E-state index in [9.17, 15) is 9.18 Å². The van der Waals surface area contributed by atoms with Crippen LogP contribution in [0.2, 0.25) is 0 Å². The second-order valence-corrected chi connectivity index (χ2v) is 3.57. The van der Waals surface area contributed by atoms with Gasteiger partial charge in [0, 0.05) is 18.3 Å². The summed E-state index contributed by atoms with van der Waals surface area (Å²) in [7, 11) is 0. The Hall–Kier alpha value is -1.84. The minimum absolute atomic E-state index is 0.134. The van der Waals surface area contributed by atoms with E-state index in [1.807, 2.05) is 13.0 Å². The second kappa shape index (κ2) is 5.30. The van der Waals surface area contributed by atoms with E-state index in [1.54, 1.807) is 13.0 Å². The van der Waals surface area contributed by atoms with E-state index in [2.05, 4.69) is 5.32 Å². The van der Waals surface area contributed by atoms with Crippen LogP contribution in [0.3, 0.4) is 0 Å². The standard InChI is InChI=1S/C12H14FNO2/c1-8-3-4-10(7-11(8)13)9(2)14-6-5-12(15)16/h3-7,9,14H,1-2H3,(H,15,16)/b6-5+. The number of carboxylic acid groups (broad SMARTS) is 1. The third-order valence-electron chi connectivity index (χ3n) is 2.27. The molecule has 0 aliphatic carbocycles. The van der Waals surface area contributed by atoms with E-state index >= 15 is 0 Å². The Bertz CT molecular complexity index is 415. The van der Waals surface area contributed by atoms with Gasteiger partial charge in [-0.15, -0.1) is 0 Å². The highest BCUT2D eigenvalue weighted by molar-refractivity contribution is 5.79. The minimum Gasteiger partial charge on any atom is -0.478 e. The van der Waals surface area contributed by atoms with E-state index < -0.39 is 5.97 Å². The molecule has 0 saturated heterocycles. The first kappa shape index (κ1) is 12.2. The van der Waals surface area contributed by atoms with Gasteiger partial charge >= 0.3 is 5.97 Å². The average Bonchev–Trinajstić information content (AvgIpc) is 2.21. The first-order valence-electron chi connectivity index (χ1n) is 4.92. The van der Waals surface area contributed by atoms with Crippen molar-refractivity contribution in [2.75, 3.05) is 0 Å². The Morgan fingerprint density at radius 2 is 2.25 bits per heavy atom. The van der Waals surface area contributed by atoms with E-state index in [0.29, 0.717) is 5.56 Å². The molecule has 0 saturated carbocycles. The van der Waals surface area contributed by atoms with Crippen LogP contribution >= 0.6 is 0 Å². The van der Waals surface area contributed by atoms with Gasteiger partial charge in [-0.1, -0.05) is 12.1 Å². The van der Waals surface area contributed by atoms with Crippen LogP contribution in [0.25, 0.3) is 0 Å². The van der Waals surface area contributed by atoms with Crippen molar-refractivity contribution in [1.29, 1.82) is 0 Å². The zero-order chi connectivity index (χ0) is 12.1. The van der Waals surface area contributed by atoms with Gasteiger partial charge in [-0.25, -0.2) is 9.18 Å². The molecule has 0 aliphatic rings. The molecule has 2 N–H and O–H groups in total. The van der Waals surface area contributed by atoms with Crippen molar-refractivity contribution in [1.82, 2.24) is 5.32 Å². The van der Waals surface area contributed by atoms with Crippen molar-refractivity contribution in [3.05, 3.63) is 47.4 Å². The monoisotopic (exact) mass is 223 g/mol. The zero-order valence-electron chi connectivity index (χ0n) is 9.20. The molecule has 0 aromatic heterocycles. The van der Waals surface area contributed by atoms with Crippen LogP contribution in [0.1, 0.15) is 24.1 Å². The summed E-state index contributed by atoms with van der Waals surface area (Å²) in [6.07, 6.45) is 2.34. The Morgan fingerprint density at radius 3 is 2.81 bits per heavy atom. The van der Waals surface area contributed by atoms with Crippen LogP contribution in [-0.2, 0) is 4.79 Å². The van der Waals surface area contributed by atoms with Crippen molar-refractivity contribution in [3.8, 4) is 0 Å². The number of halogens is 1. The minimum atomic E-state index is -1.02. The summed E-state index contributed by atoms with van der Waals surface area (Å²) in [5.74, 6) is -1.27. The first-order chi connectivity index (χ1) is 7.50. The fourth-order valence-corrected chi connectivity index (χ4v) is 1.24. The van der Waals surface area contributed by atoms with Gasteiger partial charge in [-0.05, 0) is 31.0 Å². The zero-order valence-corrected chi connectivity index (χ0v) is 9.20. The topological polar surface area (TPSA) is 49.3 Å². The lowest BCUT2D eigenvalue weighted by atomic mass is 10.1. The summed E-state index contributed by atoms with van der Waals surface area (Å²) >= 11 is 0. The third kappa shape index (κ3) is 3.38. The first-order valence-corrected chi connectivity index (χ1v) is 4.92. The second-order valence-electron chi connectivity index (χ2n) is 3.57. The molecule has 0 heterocycles. The number of carboxylic acids is 1. The summed E-state index contributed by atoms with van der Waals surface area (Å²) in [6, 6.07) is 4.82. The van der Waals surface area contributed by atoms with E-state index in [4.69, 9.17) is 5.11 Å². The third-order valence-corrected chi connectivity index (χ3v) is 2.27. The van der Waals surface area contributed by atoms with Crippen LogP contribution in [0.15, 0.2) is 30.5 Å². The van der Waals surface area contributed by atoms with Crippen LogP contribution in [-0.4, -0.2) is 11.1 Å². The van der Waals surface area contributed by atoms with Crippen LogP contribution in [0, 0.1) is 12.7 Å². The molecule has 0 amide bonds. The molecule has 0 bridgehead atoms. The quantitative estimate of drug-likeness (QED) is 0.770. The van der Waals surface area contributed by atoms with Crippen molar-refractivity contribution < 1.29 is 14.3 Å². The van der Waals surface area contributed by atoms with Crippen LogP contribution in [0.4, 0.5) is 4.39 Å². The normalized spacial score (nSPS) is 12.7. The number of aliphatic carboxylic acids is 1. The molecule has 0 spiro atoms. The molecule has 4 heteroatoms. The number of hydrogen-bond donors (Lipinski definition) is 2. The van der Waals surface area contributed by atoms with Gasteiger partial charge in [0.1, 0.15) is 5.82 Å². The summed E-state index contributed by atoms with van der Waals surface area (Å²) in [6.45, 7) is 3.53. The number of benzene rings is 1. The Kier molecular flexibility index (Phi) is 4.05. The van der Waals surface area contributed by atoms with Crippen molar-refractivity contribution in [2.45, 2.75) is 19.9 Å². The van der Waals surface area contributed by atoms with Gasteiger partial charge in [0.25, 0.3) is 0 Å². The largest absolute Gasteiger partial charge is 0.478 e. The lowest BCUT2D eigenvalue weighted by Crippen LogP contribution is -2.12. The maximum Gasteiger partial charge on any atom is 0.329 e. The highest BCUT2D eigenvalue weighted by atomic mass is 19.1. The smallest absolute Gasteiger partial charge is 0.329 e. The van der Waals surface area contributed by atoms with Gasteiger partial charge in [0.05, 0.1) is 0 Å². The van der Waals surface area contributed by atoms with Crippen LogP contribution < -0.4 is 5.32 Å². The Morgan fingerprint density at radius 1 is 1.56 bits per heavy atom. The Labute approximate surface area is 93.6 Å².